The van der Waals surface area contributed by atoms with E-state index in [0.29, 0.717) is 6.04 Å². The standard InChI is InChI=1S/C9H11ClN2O/c10-7-4-6(5-12-9(7)13)8-2-1-3-11-8/h4-5,8,11H,1-3H2,(H,12,13). The van der Waals surface area contributed by atoms with Crippen LogP contribution in [0.25, 0.3) is 0 Å². The highest BCUT2D eigenvalue weighted by atomic mass is 35.5. The molecule has 1 aliphatic heterocycles. The Morgan fingerprint density at radius 2 is 2.38 bits per heavy atom. The monoisotopic (exact) mass is 198 g/mol. The van der Waals surface area contributed by atoms with Crippen LogP contribution in [0.2, 0.25) is 5.02 Å². The average molecular weight is 199 g/mol. The molecular formula is C9H11ClN2O. The molecule has 2 heterocycles. The zero-order chi connectivity index (χ0) is 9.26. The molecule has 0 radical (unpaired) electrons. The maximum Gasteiger partial charge on any atom is 0.266 e. The average Bonchev–Trinajstić information content (AvgIpc) is 2.62. The zero-order valence-corrected chi connectivity index (χ0v) is 7.90. The topological polar surface area (TPSA) is 44.9 Å². The van der Waals surface area contributed by atoms with Crippen molar-refractivity contribution in [2.75, 3.05) is 6.54 Å². The molecule has 4 heteroatoms. The number of rotatable bonds is 1. The molecule has 0 aliphatic carbocycles. The normalized spacial score (nSPS) is 22.1. The molecule has 0 bridgehead atoms. The van der Waals surface area contributed by atoms with Crippen LogP contribution in [0.15, 0.2) is 17.1 Å². The molecule has 1 aliphatic rings. The number of halogens is 1. The lowest BCUT2D eigenvalue weighted by Crippen LogP contribution is -2.15. The van der Waals surface area contributed by atoms with Crippen LogP contribution in [-0.2, 0) is 0 Å². The van der Waals surface area contributed by atoms with Crippen molar-refractivity contribution in [3.63, 3.8) is 0 Å². The summed E-state index contributed by atoms with van der Waals surface area (Å²) in [5.41, 5.74) is 0.852. The van der Waals surface area contributed by atoms with Crippen LogP contribution in [0.3, 0.4) is 0 Å². The number of aromatic nitrogens is 1. The molecule has 1 saturated heterocycles. The quantitative estimate of drug-likeness (QED) is 0.718. The Labute approximate surface area is 81.1 Å². The van der Waals surface area contributed by atoms with E-state index in [1.807, 2.05) is 0 Å². The van der Waals surface area contributed by atoms with Gasteiger partial charge in [-0.15, -0.1) is 0 Å². The molecule has 1 atom stereocenters. The van der Waals surface area contributed by atoms with Crippen molar-refractivity contribution in [2.24, 2.45) is 0 Å². The predicted molar refractivity (Wildman–Crippen MR) is 52.1 cm³/mol. The van der Waals surface area contributed by atoms with E-state index in [0.717, 1.165) is 18.5 Å². The minimum atomic E-state index is -0.219. The van der Waals surface area contributed by atoms with Crippen molar-refractivity contribution in [3.8, 4) is 0 Å². The SMILES string of the molecule is O=c1[nH]cc(C2CCCN2)cc1Cl. The van der Waals surface area contributed by atoms with Crippen LogP contribution < -0.4 is 10.9 Å². The smallest absolute Gasteiger partial charge is 0.266 e. The highest BCUT2D eigenvalue weighted by molar-refractivity contribution is 6.30. The van der Waals surface area contributed by atoms with Gasteiger partial charge in [0, 0.05) is 12.2 Å². The molecule has 70 valence electrons. The summed E-state index contributed by atoms with van der Waals surface area (Å²) in [6, 6.07) is 2.10. The van der Waals surface area contributed by atoms with Gasteiger partial charge >= 0.3 is 0 Å². The van der Waals surface area contributed by atoms with Gasteiger partial charge in [-0.3, -0.25) is 4.79 Å². The van der Waals surface area contributed by atoms with Gasteiger partial charge in [-0.25, -0.2) is 0 Å². The third-order valence-electron chi connectivity index (χ3n) is 2.34. The third-order valence-corrected chi connectivity index (χ3v) is 2.62. The van der Waals surface area contributed by atoms with E-state index in [1.54, 1.807) is 12.3 Å². The molecular weight excluding hydrogens is 188 g/mol. The van der Waals surface area contributed by atoms with Crippen LogP contribution in [-0.4, -0.2) is 11.5 Å². The first-order chi connectivity index (χ1) is 6.27. The Balaban J connectivity index is 2.30. The van der Waals surface area contributed by atoms with E-state index in [-0.39, 0.29) is 10.6 Å². The first kappa shape index (κ1) is 8.78. The predicted octanol–water partition coefficient (Wildman–Crippen LogP) is 1.45. The van der Waals surface area contributed by atoms with Crippen LogP contribution in [0.4, 0.5) is 0 Å². The minimum Gasteiger partial charge on any atom is -0.327 e. The molecule has 13 heavy (non-hydrogen) atoms. The van der Waals surface area contributed by atoms with E-state index < -0.39 is 0 Å². The summed E-state index contributed by atoms with van der Waals surface area (Å²) in [5.74, 6) is 0. The summed E-state index contributed by atoms with van der Waals surface area (Å²) < 4.78 is 0. The fourth-order valence-corrected chi connectivity index (χ4v) is 1.82. The molecule has 2 N–H and O–H groups in total. The molecule has 0 saturated carbocycles. The number of hydrogen-bond donors (Lipinski definition) is 2. The third kappa shape index (κ3) is 1.76. The highest BCUT2D eigenvalue weighted by Crippen LogP contribution is 2.22. The summed E-state index contributed by atoms with van der Waals surface area (Å²) in [7, 11) is 0. The Morgan fingerprint density at radius 1 is 1.54 bits per heavy atom. The fraction of sp³-hybridized carbons (Fsp3) is 0.444. The van der Waals surface area contributed by atoms with Gasteiger partial charge in [0.2, 0.25) is 0 Å². The van der Waals surface area contributed by atoms with Crippen molar-refractivity contribution in [2.45, 2.75) is 18.9 Å². The van der Waals surface area contributed by atoms with Crippen molar-refractivity contribution in [3.05, 3.63) is 33.2 Å². The van der Waals surface area contributed by atoms with Gasteiger partial charge in [-0.1, -0.05) is 11.6 Å². The molecule has 1 unspecified atom stereocenters. The summed E-state index contributed by atoms with van der Waals surface area (Å²) in [5, 5.41) is 3.61. The minimum absolute atomic E-state index is 0.219. The van der Waals surface area contributed by atoms with Crippen molar-refractivity contribution in [1.82, 2.24) is 10.3 Å². The van der Waals surface area contributed by atoms with Gasteiger partial charge in [0.15, 0.2) is 0 Å². The van der Waals surface area contributed by atoms with Crippen LogP contribution in [0.5, 0.6) is 0 Å². The number of H-pyrrole nitrogens is 1. The second kappa shape index (κ2) is 3.52. The lowest BCUT2D eigenvalue weighted by molar-refractivity contribution is 0.644. The number of pyridine rings is 1. The molecule has 0 aromatic carbocycles. The van der Waals surface area contributed by atoms with Gasteiger partial charge < -0.3 is 10.3 Å². The highest BCUT2D eigenvalue weighted by Gasteiger charge is 2.16. The van der Waals surface area contributed by atoms with Crippen molar-refractivity contribution >= 4 is 11.6 Å². The lowest BCUT2D eigenvalue weighted by atomic mass is 10.1. The maximum atomic E-state index is 11.0. The summed E-state index contributed by atoms with van der Waals surface area (Å²) in [6.07, 6.45) is 4.03. The molecule has 3 nitrogen and oxygen atoms in total. The molecule has 0 amide bonds. The number of hydrogen-bond acceptors (Lipinski definition) is 2. The molecule has 1 aromatic heterocycles. The van der Waals surface area contributed by atoms with Gasteiger partial charge in [0.25, 0.3) is 5.56 Å². The maximum absolute atomic E-state index is 11.0. The van der Waals surface area contributed by atoms with Gasteiger partial charge in [-0.2, -0.15) is 0 Å². The van der Waals surface area contributed by atoms with Crippen molar-refractivity contribution in [1.29, 1.82) is 0 Å². The van der Waals surface area contributed by atoms with E-state index in [9.17, 15) is 4.79 Å². The Kier molecular flexibility index (Phi) is 2.38. The first-order valence-electron chi connectivity index (χ1n) is 4.39. The number of nitrogens with one attached hydrogen (secondary N) is 2. The first-order valence-corrected chi connectivity index (χ1v) is 4.76. The second-order valence-electron chi connectivity index (χ2n) is 3.26. The summed E-state index contributed by atoms with van der Waals surface area (Å²) in [6.45, 7) is 1.04. The van der Waals surface area contributed by atoms with E-state index in [2.05, 4.69) is 10.3 Å². The fourth-order valence-electron chi connectivity index (χ4n) is 1.64. The molecule has 1 aromatic rings. The van der Waals surface area contributed by atoms with Crippen LogP contribution in [0.1, 0.15) is 24.4 Å². The Hall–Kier alpha value is -0.800. The Morgan fingerprint density at radius 3 is 3.00 bits per heavy atom. The van der Waals surface area contributed by atoms with E-state index in [1.165, 1.54) is 6.42 Å². The lowest BCUT2D eigenvalue weighted by Gasteiger charge is -2.09. The summed E-state index contributed by atoms with van der Waals surface area (Å²) in [4.78, 5) is 13.6. The number of aromatic amines is 1. The molecule has 2 rings (SSSR count). The second-order valence-corrected chi connectivity index (χ2v) is 3.67. The van der Waals surface area contributed by atoms with Crippen LogP contribution in [0, 0.1) is 0 Å². The van der Waals surface area contributed by atoms with E-state index >= 15 is 0 Å². The largest absolute Gasteiger partial charge is 0.327 e. The van der Waals surface area contributed by atoms with Crippen LogP contribution >= 0.6 is 11.6 Å². The van der Waals surface area contributed by atoms with E-state index in [4.69, 9.17) is 11.6 Å². The zero-order valence-electron chi connectivity index (χ0n) is 7.14. The molecule has 1 fully saturated rings. The van der Waals surface area contributed by atoms with Gasteiger partial charge in [-0.05, 0) is 31.0 Å². The summed E-state index contributed by atoms with van der Waals surface area (Å²) >= 11 is 5.72. The van der Waals surface area contributed by atoms with Gasteiger partial charge in [0.05, 0.1) is 0 Å². The van der Waals surface area contributed by atoms with Crippen molar-refractivity contribution < 1.29 is 0 Å². The van der Waals surface area contributed by atoms with Gasteiger partial charge in [0.1, 0.15) is 5.02 Å². The Bertz CT molecular complexity index is 355. The molecule has 0 spiro atoms.